The summed E-state index contributed by atoms with van der Waals surface area (Å²) in [4.78, 5) is 21.1. The van der Waals surface area contributed by atoms with Crippen molar-refractivity contribution in [3.05, 3.63) is 41.7 Å². The highest BCUT2D eigenvalue weighted by Crippen LogP contribution is 2.31. The summed E-state index contributed by atoms with van der Waals surface area (Å²) in [6.07, 6.45) is 4.53. The Bertz CT molecular complexity index is 1040. The second-order valence-corrected chi connectivity index (χ2v) is 9.04. The molecule has 31 heavy (non-hydrogen) atoms. The Morgan fingerprint density at radius 1 is 1.35 bits per heavy atom. The SMILES string of the molecule is CNS(=O)(=O)O[C@@H]1C[C@H](Nc2ncncc2C(=O)c2cc([C@@H]3CCCO3)co2)C[C@@H]1O. The first-order valence-electron chi connectivity index (χ1n) is 9.97. The maximum Gasteiger partial charge on any atom is 0.335 e. The molecule has 0 unspecified atom stereocenters. The van der Waals surface area contributed by atoms with Gasteiger partial charge < -0.3 is 19.6 Å². The van der Waals surface area contributed by atoms with Crippen molar-refractivity contribution in [2.24, 2.45) is 0 Å². The summed E-state index contributed by atoms with van der Waals surface area (Å²) in [6.45, 7) is 0.688. The number of nitrogens with one attached hydrogen (secondary N) is 2. The summed E-state index contributed by atoms with van der Waals surface area (Å²) in [5, 5.41) is 13.3. The second-order valence-electron chi connectivity index (χ2n) is 7.53. The van der Waals surface area contributed by atoms with Crippen LogP contribution in [0, 0.1) is 0 Å². The number of carbonyl (C=O) groups is 1. The summed E-state index contributed by atoms with van der Waals surface area (Å²) in [6, 6.07) is 1.31. The number of hydrogen-bond acceptors (Lipinski definition) is 10. The number of rotatable bonds is 8. The molecule has 12 heteroatoms. The third-order valence-electron chi connectivity index (χ3n) is 5.41. The average molecular weight is 452 g/mol. The van der Waals surface area contributed by atoms with Crippen molar-refractivity contribution in [1.82, 2.24) is 14.7 Å². The number of aliphatic hydroxyl groups is 1. The van der Waals surface area contributed by atoms with Gasteiger partial charge in [-0.05, 0) is 31.7 Å². The molecule has 1 aliphatic heterocycles. The zero-order chi connectivity index (χ0) is 22.0. The second kappa shape index (κ2) is 9.01. The summed E-state index contributed by atoms with van der Waals surface area (Å²) in [5.74, 6) is 0.0250. The van der Waals surface area contributed by atoms with Crippen LogP contribution in [0.5, 0.6) is 0 Å². The Kier molecular flexibility index (Phi) is 6.34. The van der Waals surface area contributed by atoms with Crippen LogP contribution in [0.25, 0.3) is 0 Å². The van der Waals surface area contributed by atoms with Crippen LogP contribution in [-0.4, -0.2) is 61.2 Å². The van der Waals surface area contributed by atoms with Crippen molar-refractivity contribution >= 4 is 21.9 Å². The van der Waals surface area contributed by atoms with Gasteiger partial charge >= 0.3 is 10.3 Å². The first-order chi connectivity index (χ1) is 14.9. The first-order valence-corrected chi connectivity index (χ1v) is 11.4. The quantitative estimate of drug-likeness (QED) is 0.493. The number of nitrogens with zero attached hydrogens (tertiary/aromatic N) is 2. The molecular weight excluding hydrogens is 428 g/mol. The molecule has 3 heterocycles. The van der Waals surface area contributed by atoms with E-state index in [1.807, 2.05) is 0 Å². The fraction of sp³-hybridized carbons (Fsp3) is 0.526. The van der Waals surface area contributed by atoms with E-state index in [4.69, 9.17) is 13.3 Å². The largest absolute Gasteiger partial charge is 0.460 e. The molecule has 2 aromatic heterocycles. The van der Waals surface area contributed by atoms with Gasteiger partial charge in [0.15, 0.2) is 5.76 Å². The predicted molar refractivity (Wildman–Crippen MR) is 108 cm³/mol. The monoisotopic (exact) mass is 452 g/mol. The van der Waals surface area contributed by atoms with Crippen molar-refractivity contribution in [3.8, 4) is 0 Å². The van der Waals surface area contributed by atoms with E-state index >= 15 is 0 Å². The molecule has 4 rings (SSSR count). The standard InChI is InChI=1S/C19H24N4O7S/c1-20-31(26,27)30-16-7-12(6-14(16)24)23-19-13(8-21-10-22-19)18(25)17-5-11(9-29-17)15-3-2-4-28-15/h5,8-10,12,14-16,20,24H,2-4,6-7H2,1H3,(H,21,22,23)/t12-,14+,15+,16-/m1/s1. The number of hydrogen-bond donors (Lipinski definition) is 3. The number of anilines is 1. The number of aliphatic hydroxyl groups excluding tert-OH is 1. The summed E-state index contributed by atoms with van der Waals surface area (Å²) in [7, 11) is -2.71. The van der Waals surface area contributed by atoms with Crippen LogP contribution in [-0.2, 0) is 19.2 Å². The van der Waals surface area contributed by atoms with Crippen LogP contribution in [0.2, 0.25) is 0 Å². The van der Waals surface area contributed by atoms with Gasteiger partial charge in [-0.1, -0.05) is 0 Å². The summed E-state index contributed by atoms with van der Waals surface area (Å²) >= 11 is 0. The molecule has 0 aromatic carbocycles. The molecule has 2 aromatic rings. The van der Waals surface area contributed by atoms with Crippen molar-refractivity contribution in [2.75, 3.05) is 19.0 Å². The van der Waals surface area contributed by atoms with Gasteiger partial charge in [-0.25, -0.2) is 9.97 Å². The van der Waals surface area contributed by atoms with Crippen molar-refractivity contribution in [3.63, 3.8) is 0 Å². The van der Waals surface area contributed by atoms with Crippen molar-refractivity contribution < 1.29 is 31.7 Å². The van der Waals surface area contributed by atoms with Gasteiger partial charge in [0.2, 0.25) is 5.78 Å². The van der Waals surface area contributed by atoms with Crippen LogP contribution in [0.1, 0.15) is 53.5 Å². The highest BCUT2D eigenvalue weighted by atomic mass is 32.2. The maximum atomic E-state index is 13.0. The number of aromatic nitrogens is 2. The van der Waals surface area contributed by atoms with E-state index in [2.05, 4.69) is 20.0 Å². The zero-order valence-corrected chi connectivity index (χ0v) is 17.7. The van der Waals surface area contributed by atoms with E-state index in [1.54, 1.807) is 6.07 Å². The minimum absolute atomic E-state index is 0.0688. The van der Waals surface area contributed by atoms with Crippen LogP contribution in [0.4, 0.5) is 5.82 Å². The van der Waals surface area contributed by atoms with Gasteiger partial charge in [-0.3, -0.25) is 8.98 Å². The van der Waals surface area contributed by atoms with E-state index in [0.717, 1.165) is 18.4 Å². The molecule has 1 saturated heterocycles. The Hall–Kier alpha value is -2.38. The van der Waals surface area contributed by atoms with Crippen LogP contribution in [0.15, 0.2) is 29.3 Å². The minimum Gasteiger partial charge on any atom is -0.460 e. The molecule has 0 spiro atoms. The molecule has 4 atom stereocenters. The van der Waals surface area contributed by atoms with E-state index in [0.29, 0.717) is 6.61 Å². The molecule has 3 N–H and O–H groups in total. The topological polar surface area (TPSA) is 153 Å². The fourth-order valence-electron chi connectivity index (χ4n) is 3.83. The molecule has 2 fully saturated rings. The summed E-state index contributed by atoms with van der Waals surface area (Å²) < 4.78 is 41.3. The number of furan rings is 1. The third-order valence-corrected chi connectivity index (χ3v) is 6.42. The third kappa shape index (κ3) is 4.93. The van der Waals surface area contributed by atoms with Gasteiger partial charge in [0, 0.05) is 31.5 Å². The smallest absolute Gasteiger partial charge is 0.335 e. The maximum absolute atomic E-state index is 13.0. The van der Waals surface area contributed by atoms with E-state index in [1.165, 1.54) is 25.8 Å². The molecule has 1 saturated carbocycles. The average Bonchev–Trinajstić information content (AvgIpc) is 3.49. The van der Waals surface area contributed by atoms with Gasteiger partial charge in [-0.15, -0.1) is 0 Å². The predicted octanol–water partition coefficient (Wildman–Crippen LogP) is 0.937. The first kappa shape index (κ1) is 21.8. The molecule has 0 bridgehead atoms. The molecular formula is C19H24N4O7S. The van der Waals surface area contributed by atoms with E-state index in [9.17, 15) is 18.3 Å². The van der Waals surface area contributed by atoms with Crippen LogP contribution in [0.3, 0.4) is 0 Å². The van der Waals surface area contributed by atoms with Crippen molar-refractivity contribution in [2.45, 2.75) is 50.0 Å². The zero-order valence-electron chi connectivity index (χ0n) is 16.9. The highest BCUT2D eigenvalue weighted by molar-refractivity contribution is 7.84. The molecule has 1 aliphatic carbocycles. The lowest BCUT2D eigenvalue weighted by molar-refractivity contribution is 0.0636. The molecule has 11 nitrogen and oxygen atoms in total. The van der Waals surface area contributed by atoms with Gasteiger partial charge in [-0.2, -0.15) is 13.1 Å². The van der Waals surface area contributed by atoms with Gasteiger partial charge in [0.25, 0.3) is 0 Å². The van der Waals surface area contributed by atoms with Crippen LogP contribution < -0.4 is 10.0 Å². The Morgan fingerprint density at radius 3 is 2.94 bits per heavy atom. The minimum atomic E-state index is -3.93. The Balaban J connectivity index is 1.47. The highest BCUT2D eigenvalue weighted by Gasteiger charge is 2.37. The normalized spacial score (nSPS) is 26.3. The fourth-order valence-corrected chi connectivity index (χ4v) is 4.45. The molecule has 2 aliphatic rings. The number of ketones is 1. The lowest BCUT2D eigenvalue weighted by atomic mass is 10.1. The van der Waals surface area contributed by atoms with E-state index < -0.39 is 28.3 Å². The Morgan fingerprint density at radius 2 is 2.19 bits per heavy atom. The number of ether oxygens (including phenoxy) is 1. The molecule has 0 radical (unpaired) electrons. The van der Waals surface area contributed by atoms with E-state index in [-0.39, 0.29) is 42.1 Å². The van der Waals surface area contributed by atoms with Crippen molar-refractivity contribution in [1.29, 1.82) is 0 Å². The lowest BCUT2D eigenvalue weighted by Crippen LogP contribution is -2.31. The molecule has 168 valence electrons. The van der Waals surface area contributed by atoms with Gasteiger partial charge in [0.1, 0.15) is 18.2 Å². The summed E-state index contributed by atoms with van der Waals surface area (Å²) in [5.41, 5.74) is 1.02. The van der Waals surface area contributed by atoms with Gasteiger partial charge in [0.05, 0.1) is 24.0 Å². The lowest BCUT2D eigenvalue weighted by Gasteiger charge is -2.15. The molecule has 0 amide bonds. The number of carbonyl (C=O) groups excluding carboxylic acids is 1. The Labute approximate surface area is 179 Å². The van der Waals surface area contributed by atoms with Crippen LogP contribution >= 0.6 is 0 Å².